The molecule has 2 aliphatic heterocycles. The highest BCUT2D eigenvalue weighted by Crippen LogP contribution is 2.33. The lowest BCUT2D eigenvalue weighted by atomic mass is 9.93. The Bertz CT molecular complexity index is 1020. The first-order chi connectivity index (χ1) is 13.9. The van der Waals surface area contributed by atoms with Gasteiger partial charge in [-0.15, -0.1) is 0 Å². The number of aromatic nitrogens is 2. The number of amides is 1. The van der Waals surface area contributed by atoms with Gasteiger partial charge in [0.05, 0.1) is 30.9 Å². The minimum atomic E-state index is -3.61. The summed E-state index contributed by atoms with van der Waals surface area (Å²) in [7, 11) is -2.07. The largest absolute Gasteiger partial charge is 0.497 e. The van der Waals surface area contributed by atoms with Crippen LogP contribution in [0.5, 0.6) is 5.75 Å². The summed E-state index contributed by atoms with van der Waals surface area (Å²) in [6.07, 6.45) is 3.97. The molecule has 10 heteroatoms. The van der Waals surface area contributed by atoms with Gasteiger partial charge in [-0.25, -0.2) is 13.4 Å². The van der Waals surface area contributed by atoms with E-state index in [1.807, 2.05) is 6.92 Å². The molecule has 0 spiro atoms. The van der Waals surface area contributed by atoms with Crippen molar-refractivity contribution in [2.45, 2.75) is 30.8 Å². The van der Waals surface area contributed by atoms with Crippen LogP contribution in [-0.4, -0.2) is 55.6 Å². The summed E-state index contributed by atoms with van der Waals surface area (Å²) in [6, 6.07) is 4.84. The lowest BCUT2D eigenvalue weighted by Crippen LogP contribution is -2.52. The van der Waals surface area contributed by atoms with Gasteiger partial charge in [-0.05, 0) is 37.8 Å². The highest BCUT2D eigenvalue weighted by Gasteiger charge is 2.36. The number of methoxy groups -OCH3 is 1. The third-order valence-corrected chi connectivity index (χ3v) is 6.87. The van der Waals surface area contributed by atoms with Gasteiger partial charge >= 0.3 is 0 Å². The summed E-state index contributed by atoms with van der Waals surface area (Å²) in [5, 5.41) is 3.28. The number of hydrogen-bond acceptors (Lipinski definition) is 7. The van der Waals surface area contributed by atoms with Crippen LogP contribution in [0.25, 0.3) is 0 Å². The minimum Gasteiger partial charge on any atom is -0.497 e. The molecule has 0 radical (unpaired) electrons. The number of benzene rings is 1. The zero-order chi connectivity index (χ0) is 20.6. The monoisotopic (exact) mass is 417 g/mol. The first-order valence-corrected chi connectivity index (χ1v) is 10.9. The van der Waals surface area contributed by atoms with E-state index in [9.17, 15) is 13.2 Å². The number of likely N-dealkylation sites (tertiary alicyclic amines) is 1. The van der Waals surface area contributed by atoms with E-state index in [0.717, 1.165) is 5.69 Å². The second kappa shape index (κ2) is 7.60. The molecule has 9 nitrogen and oxygen atoms in total. The van der Waals surface area contributed by atoms with Crippen LogP contribution in [0, 0.1) is 12.8 Å². The summed E-state index contributed by atoms with van der Waals surface area (Å²) in [5.74, 6) is 0.493. The van der Waals surface area contributed by atoms with Crippen molar-refractivity contribution in [3.05, 3.63) is 42.0 Å². The average molecular weight is 417 g/mol. The number of aryl methyl sites for hydroxylation is 1. The number of piperidine rings is 1. The Labute approximate surface area is 169 Å². The molecular formula is C19H23N5O4S. The van der Waals surface area contributed by atoms with Crippen molar-refractivity contribution >= 4 is 21.6 Å². The number of ether oxygens (including phenoxy) is 1. The van der Waals surface area contributed by atoms with Crippen molar-refractivity contribution in [1.82, 2.24) is 19.6 Å². The Balaban J connectivity index is 1.44. The van der Waals surface area contributed by atoms with E-state index in [-0.39, 0.29) is 16.7 Å². The molecule has 1 atom stereocenters. The van der Waals surface area contributed by atoms with Crippen LogP contribution in [0.1, 0.15) is 29.0 Å². The summed E-state index contributed by atoms with van der Waals surface area (Å²) in [4.78, 5) is 22.8. The Hall–Kier alpha value is -2.72. The molecule has 1 saturated heterocycles. The molecule has 0 unspecified atom stereocenters. The third-order valence-electron chi connectivity index (χ3n) is 5.37. The second-order valence-corrected chi connectivity index (χ2v) is 8.96. The summed E-state index contributed by atoms with van der Waals surface area (Å²) < 4.78 is 33.2. The molecule has 1 aromatic heterocycles. The molecule has 0 aliphatic carbocycles. The number of hydrogen-bond donors (Lipinski definition) is 2. The van der Waals surface area contributed by atoms with Crippen LogP contribution in [0.3, 0.4) is 0 Å². The van der Waals surface area contributed by atoms with Gasteiger partial charge in [0, 0.05) is 25.4 Å². The van der Waals surface area contributed by atoms with Crippen molar-refractivity contribution in [2.75, 3.05) is 25.5 Å². The van der Waals surface area contributed by atoms with Crippen LogP contribution in [-0.2, 0) is 10.0 Å². The first kappa shape index (κ1) is 19.6. The molecule has 0 bridgehead atoms. The number of carbonyl (C=O) groups excluding carboxylic acids is 1. The van der Waals surface area contributed by atoms with E-state index in [4.69, 9.17) is 4.74 Å². The van der Waals surface area contributed by atoms with Crippen molar-refractivity contribution in [2.24, 2.45) is 5.92 Å². The standard InChI is InChI=1S/C19H23N5O4S/c1-12-10-21-16(11-20-12)19(25)24-7-5-13(6-8-24)18-22-15-9-14(28-2)3-4-17(15)29(26,27)23-18/h3-4,9-11,13,18,22-23H,5-8H2,1-2H3/t18-/m1/s1. The summed E-state index contributed by atoms with van der Waals surface area (Å²) in [6.45, 7) is 2.88. The zero-order valence-corrected chi connectivity index (χ0v) is 17.1. The van der Waals surface area contributed by atoms with E-state index in [1.54, 1.807) is 30.3 Å². The van der Waals surface area contributed by atoms with Crippen molar-refractivity contribution in [3.63, 3.8) is 0 Å². The van der Waals surface area contributed by atoms with E-state index < -0.39 is 16.2 Å². The highest BCUT2D eigenvalue weighted by atomic mass is 32.2. The Morgan fingerprint density at radius 2 is 1.97 bits per heavy atom. The van der Waals surface area contributed by atoms with Gasteiger partial charge in [-0.2, -0.15) is 4.72 Å². The number of nitrogens with zero attached hydrogens (tertiary/aromatic N) is 3. The molecule has 29 heavy (non-hydrogen) atoms. The minimum absolute atomic E-state index is 0.0530. The zero-order valence-electron chi connectivity index (χ0n) is 16.3. The number of sulfonamides is 1. The van der Waals surface area contributed by atoms with Gasteiger partial charge in [0.2, 0.25) is 10.0 Å². The SMILES string of the molecule is COc1ccc2c(c1)N[C@@H](C1CCN(C(=O)c3cnc(C)cn3)CC1)NS2(=O)=O. The van der Waals surface area contributed by atoms with Gasteiger partial charge in [-0.3, -0.25) is 9.78 Å². The Kier molecular flexibility index (Phi) is 5.13. The first-order valence-electron chi connectivity index (χ1n) is 9.42. The molecule has 2 N–H and O–H groups in total. The van der Waals surface area contributed by atoms with Gasteiger partial charge in [0.15, 0.2) is 0 Å². The van der Waals surface area contributed by atoms with Gasteiger partial charge in [-0.1, -0.05) is 0 Å². The topological polar surface area (TPSA) is 114 Å². The fourth-order valence-corrected chi connectivity index (χ4v) is 5.09. The van der Waals surface area contributed by atoms with Gasteiger partial charge in [0.25, 0.3) is 5.91 Å². The highest BCUT2D eigenvalue weighted by molar-refractivity contribution is 7.89. The molecule has 2 aliphatic rings. The lowest BCUT2D eigenvalue weighted by molar-refractivity contribution is 0.0672. The second-order valence-electron chi connectivity index (χ2n) is 7.28. The quantitative estimate of drug-likeness (QED) is 0.775. The predicted octanol–water partition coefficient (Wildman–Crippen LogP) is 1.38. The Morgan fingerprint density at radius 1 is 1.21 bits per heavy atom. The molecule has 4 rings (SSSR count). The molecule has 1 fully saturated rings. The predicted molar refractivity (Wildman–Crippen MR) is 106 cm³/mol. The number of fused-ring (bicyclic) bond motifs is 1. The van der Waals surface area contributed by atoms with E-state index in [0.29, 0.717) is 43.1 Å². The third kappa shape index (κ3) is 3.90. The summed E-state index contributed by atoms with van der Waals surface area (Å²) >= 11 is 0. The molecule has 3 heterocycles. The molecule has 2 aromatic rings. The van der Waals surface area contributed by atoms with Crippen LogP contribution in [0.2, 0.25) is 0 Å². The van der Waals surface area contributed by atoms with Crippen LogP contribution in [0.15, 0.2) is 35.5 Å². The number of rotatable bonds is 3. The maximum atomic E-state index is 12.6. The number of carbonyl (C=O) groups is 1. The van der Waals surface area contributed by atoms with E-state index in [2.05, 4.69) is 20.0 Å². The number of nitrogens with one attached hydrogen (secondary N) is 2. The van der Waals surface area contributed by atoms with Gasteiger partial charge in [0.1, 0.15) is 16.3 Å². The molecular weight excluding hydrogens is 394 g/mol. The van der Waals surface area contributed by atoms with Crippen molar-refractivity contribution < 1.29 is 17.9 Å². The van der Waals surface area contributed by atoms with Crippen molar-refractivity contribution in [1.29, 1.82) is 0 Å². The van der Waals surface area contributed by atoms with Crippen LogP contribution in [0.4, 0.5) is 5.69 Å². The maximum Gasteiger partial charge on any atom is 0.274 e. The smallest absolute Gasteiger partial charge is 0.274 e. The normalized spacial score (nSPS) is 21.2. The van der Waals surface area contributed by atoms with E-state index >= 15 is 0 Å². The maximum absolute atomic E-state index is 12.6. The van der Waals surface area contributed by atoms with Crippen LogP contribution >= 0.6 is 0 Å². The van der Waals surface area contributed by atoms with Crippen molar-refractivity contribution in [3.8, 4) is 5.75 Å². The van der Waals surface area contributed by atoms with E-state index in [1.165, 1.54) is 12.3 Å². The lowest BCUT2D eigenvalue weighted by Gasteiger charge is -2.38. The molecule has 1 amide bonds. The fraction of sp³-hybridized carbons (Fsp3) is 0.421. The average Bonchev–Trinajstić information content (AvgIpc) is 2.73. The molecule has 1 aromatic carbocycles. The molecule has 154 valence electrons. The fourth-order valence-electron chi connectivity index (χ4n) is 3.73. The van der Waals surface area contributed by atoms with Crippen LogP contribution < -0.4 is 14.8 Å². The summed E-state index contributed by atoms with van der Waals surface area (Å²) in [5.41, 5.74) is 1.61. The van der Waals surface area contributed by atoms with Gasteiger partial charge < -0.3 is 15.0 Å². The Morgan fingerprint density at radius 3 is 2.62 bits per heavy atom. The number of anilines is 1. The molecule has 0 saturated carbocycles.